The van der Waals surface area contributed by atoms with Crippen LogP contribution in [0.4, 0.5) is 0 Å². The zero-order valence-electron chi connectivity index (χ0n) is 8.83. The van der Waals surface area contributed by atoms with E-state index in [-0.39, 0.29) is 0 Å². The molecule has 14 heavy (non-hydrogen) atoms. The molecule has 1 aliphatic carbocycles. The second-order valence-corrected chi connectivity index (χ2v) is 4.11. The number of hydrogen-bond acceptors (Lipinski definition) is 1. The highest BCUT2D eigenvalue weighted by Crippen LogP contribution is 2.27. The first-order valence-electron chi connectivity index (χ1n) is 5.60. The third-order valence-corrected chi connectivity index (χ3v) is 3.04. The van der Waals surface area contributed by atoms with Crippen molar-refractivity contribution in [1.29, 1.82) is 0 Å². The number of hydrogen-bond donors (Lipinski definition) is 0. The van der Waals surface area contributed by atoms with E-state index in [0.29, 0.717) is 0 Å². The van der Waals surface area contributed by atoms with Crippen molar-refractivity contribution in [2.45, 2.75) is 32.6 Å². The Morgan fingerprint density at radius 1 is 1.21 bits per heavy atom. The summed E-state index contributed by atoms with van der Waals surface area (Å²) in [6, 6.07) is 8.46. The minimum Gasteiger partial charge on any atom is -0.493 e. The Bertz CT molecular complexity index is 272. The Balaban J connectivity index is 1.83. The average Bonchev–Trinajstić information content (AvgIpc) is 2.16. The van der Waals surface area contributed by atoms with Gasteiger partial charge >= 0.3 is 0 Å². The van der Waals surface area contributed by atoms with Crippen LogP contribution in [-0.4, -0.2) is 6.61 Å². The Kier molecular flexibility index (Phi) is 3.07. The summed E-state index contributed by atoms with van der Waals surface area (Å²) in [5, 5.41) is 0. The van der Waals surface area contributed by atoms with Gasteiger partial charge in [0.2, 0.25) is 0 Å². The fourth-order valence-electron chi connectivity index (χ4n) is 1.69. The number of aryl methyl sites for hydroxylation is 1. The van der Waals surface area contributed by atoms with E-state index in [1.807, 2.05) is 0 Å². The third kappa shape index (κ3) is 2.28. The minimum absolute atomic E-state index is 0.820. The Morgan fingerprint density at radius 2 is 1.93 bits per heavy atom. The first-order chi connectivity index (χ1) is 6.88. The smallest absolute Gasteiger partial charge is 0.119 e. The zero-order chi connectivity index (χ0) is 9.80. The topological polar surface area (TPSA) is 9.23 Å². The summed E-state index contributed by atoms with van der Waals surface area (Å²) in [6.45, 7) is 3.08. The van der Waals surface area contributed by atoms with Crippen molar-refractivity contribution < 1.29 is 4.74 Å². The fourth-order valence-corrected chi connectivity index (χ4v) is 1.69. The van der Waals surface area contributed by atoms with Crippen molar-refractivity contribution in [3.8, 4) is 5.75 Å². The van der Waals surface area contributed by atoms with Crippen LogP contribution in [0.3, 0.4) is 0 Å². The number of benzene rings is 1. The highest BCUT2D eigenvalue weighted by atomic mass is 16.5. The molecule has 0 aliphatic heterocycles. The zero-order valence-corrected chi connectivity index (χ0v) is 8.83. The van der Waals surface area contributed by atoms with Crippen LogP contribution in [0.15, 0.2) is 24.3 Å². The lowest BCUT2D eigenvalue weighted by atomic mass is 9.86. The van der Waals surface area contributed by atoms with E-state index < -0.39 is 0 Å². The predicted octanol–water partition coefficient (Wildman–Crippen LogP) is 3.43. The fraction of sp³-hybridized carbons (Fsp3) is 0.538. The van der Waals surface area contributed by atoms with Gasteiger partial charge in [-0.05, 0) is 42.9 Å². The van der Waals surface area contributed by atoms with Crippen molar-refractivity contribution in [2.75, 3.05) is 6.61 Å². The lowest BCUT2D eigenvalue weighted by Crippen LogP contribution is -2.19. The van der Waals surface area contributed by atoms with Gasteiger partial charge in [0.15, 0.2) is 0 Å². The van der Waals surface area contributed by atoms with Crippen LogP contribution in [0.1, 0.15) is 31.7 Å². The Labute approximate surface area is 86.1 Å². The van der Waals surface area contributed by atoms with E-state index >= 15 is 0 Å². The second-order valence-electron chi connectivity index (χ2n) is 4.11. The van der Waals surface area contributed by atoms with Gasteiger partial charge in [-0.2, -0.15) is 0 Å². The molecule has 0 amide bonds. The Hall–Kier alpha value is -0.980. The normalized spacial score (nSPS) is 16.4. The van der Waals surface area contributed by atoms with E-state index in [9.17, 15) is 0 Å². The maximum absolute atomic E-state index is 5.71. The van der Waals surface area contributed by atoms with Crippen LogP contribution in [0, 0.1) is 5.92 Å². The van der Waals surface area contributed by atoms with Crippen molar-refractivity contribution in [2.24, 2.45) is 5.92 Å². The molecule has 1 aromatic rings. The van der Waals surface area contributed by atoms with Gasteiger partial charge in [-0.25, -0.2) is 0 Å². The summed E-state index contributed by atoms with van der Waals surface area (Å²) in [7, 11) is 0. The number of ether oxygens (including phenoxy) is 1. The van der Waals surface area contributed by atoms with E-state index in [0.717, 1.165) is 24.7 Å². The average molecular weight is 190 g/mol. The highest BCUT2D eigenvalue weighted by molar-refractivity contribution is 5.27. The molecule has 1 aromatic carbocycles. The second kappa shape index (κ2) is 4.50. The molecule has 0 aromatic heterocycles. The molecule has 0 radical (unpaired) electrons. The van der Waals surface area contributed by atoms with Crippen molar-refractivity contribution >= 4 is 0 Å². The van der Waals surface area contributed by atoms with Crippen molar-refractivity contribution in [1.82, 2.24) is 0 Å². The molecule has 1 heteroatoms. The largest absolute Gasteiger partial charge is 0.493 e. The summed E-state index contributed by atoms with van der Waals surface area (Å²) < 4.78 is 5.71. The van der Waals surface area contributed by atoms with Crippen LogP contribution >= 0.6 is 0 Å². The molecule has 1 fully saturated rings. The molecule has 1 saturated carbocycles. The van der Waals surface area contributed by atoms with Gasteiger partial charge in [0.1, 0.15) is 5.75 Å². The first-order valence-corrected chi connectivity index (χ1v) is 5.60. The molecule has 0 saturated heterocycles. The van der Waals surface area contributed by atoms with Crippen molar-refractivity contribution in [3.63, 3.8) is 0 Å². The molecule has 76 valence electrons. The third-order valence-electron chi connectivity index (χ3n) is 3.04. The quantitative estimate of drug-likeness (QED) is 0.706. The van der Waals surface area contributed by atoms with E-state index in [1.165, 1.54) is 24.8 Å². The van der Waals surface area contributed by atoms with E-state index in [1.54, 1.807) is 0 Å². The summed E-state index contributed by atoms with van der Waals surface area (Å²) in [5.74, 6) is 1.84. The molecule has 0 N–H and O–H groups in total. The maximum atomic E-state index is 5.71. The lowest BCUT2D eigenvalue weighted by Gasteiger charge is -2.25. The molecule has 2 rings (SSSR count). The van der Waals surface area contributed by atoms with Crippen LogP contribution in [-0.2, 0) is 6.42 Å². The van der Waals surface area contributed by atoms with E-state index in [4.69, 9.17) is 4.74 Å². The van der Waals surface area contributed by atoms with Gasteiger partial charge in [-0.1, -0.05) is 25.5 Å². The number of rotatable bonds is 4. The summed E-state index contributed by atoms with van der Waals surface area (Å²) in [4.78, 5) is 0. The predicted molar refractivity (Wildman–Crippen MR) is 58.7 cm³/mol. The molecule has 0 unspecified atom stereocenters. The molecular weight excluding hydrogens is 172 g/mol. The molecule has 0 spiro atoms. The van der Waals surface area contributed by atoms with E-state index in [2.05, 4.69) is 31.2 Å². The van der Waals surface area contributed by atoms with Gasteiger partial charge in [0, 0.05) is 0 Å². The molecule has 1 aliphatic rings. The molecule has 0 bridgehead atoms. The molecule has 0 heterocycles. The summed E-state index contributed by atoms with van der Waals surface area (Å²) in [6.07, 6.45) is 5.20. The van der Waals surface area contributed by atoms with Crippen LogP contribution in [0.25, 0.3) is 0 Å². The molecule has 0 atom stereocenters. The van der Waals surface area contributed by atoms with Crippen LogP contribution < -0.4 is 4.74 Å². The van der Waals surface area contributed by atoms with Crippen LogP contribution in [0.2, 0.25) is 0 Å². The standard InChI is InChI=1S/C13H18O/c1-2-11-6-8-13(9-7-11)14-10-12-4-3-5-12/h6-9,12H,2-5,10H2,1H3. The van der Waals surface area contributed by atoms with Crippen molar-refractivity contribution in [3.05, 3.63) is 29.8 Å². The lowest BCUT2D eigenvalue weighted by molar-refractivity contribution is 0.180. The van der Waals surface area contributed by atoms with Gasteiger partial charge in [0.25, 0.3) is 0 Å². The first kappa shape index (κ1) is 9.57. The summed E-state index contributed by atoms with van der Waals surface area (Å²) in [5.41, 5.74) is 1.38. The van der Waals surface area contributed by atoms with Crippen LogP contribution in [0.5, 0.6) is 5.75 Å². The minimum atomic E-state index is 0.820. The SMILES string of the molecule is CCc1ccc(OCC2CCC2)cc1. The highest BCUT2D eigenvalue weighted by Gasteiger charge is 2.17. The van der Waals surface area contributed by atoms with Gasteiger partial charge in [0.05, 0.1) is 6.61 Å². The maximum Gasteiger partial charge on any atom is 0.119 e. The monoisotopic (exact) mass is 190 g/mol. The summed E-state index contributed by atoms with van der Waals surface area (Å²) >= 11 is 0. The van der Waals surface area contributed by atoms with Gasteiger partial charge in [-0.15, -0.1) is 0 Å². The van der Waals surface area contributed by atoms with Gasteiger partial charge in [-0.3, -0.25) is 0 Å². The molecule has 1 nitrogen and oxygen atoms in total. The molecular formula is C13H18O. The Morgan fingerprint density at radius 3 is 2.43 bits per heavy atom. The van der Waals surface area contributed by atoms with Gasteiger partial charge < -0.3 is 4.74 Å².